The van der Waals surface area contributed by atoms with Crippen molar-refractivity contribution in [1.82, 2.24) is 4.90 Å². The number of aliphatic hydroxyl groups excluding tert-OH is 1. The van der Waals surface area contributed by atoms with Gasteiger partial charge in [0.05, 0.1) is 37.3 Å². The molecule has 0 aliphatic carbocycles. The first kappa shape index (κ1) is 24.2. The predicted molar refractivity (Wildman–Crippen MR) is 118 cm³/mol. The van der Waals surface area contributed by atoms with Gasteiger partial charge in [0.2, 0.25) is 5.91 Å². The number of carbonyl (C=O) groups excluding carboxylic acids is 3. The summed E-state index contributed by atoms with van der Waals surface area (Å²) in [6.45, 7) is -0.121. The fraction of sp³-hybridized carbons (Fsp3) is 0.227. The van der Waals surface area contributed by atoms with E-state index in [9.17, 15) is 23.2 Å². The Balaban J connectivity index is 1.61. The van der Waals surface area contributed by atoms with E-state index in [0.717, 1.165) is 23.1 Å². The van der Waals surface area contributed by atoms with Crippen molar-refractivity contribution in [1.29, 1.82) is 0 Å². The Morgan fingerprint density at radius 1 is 1.18 bits per heavy atom. The largest absolute Gasteiger partial charge is 0.466 e. The molecule has 0 atom stereocenters. The van der Waals surface area contributed by atoms with Crippen LogP contribution >= 0.6 is 11.8 Å². The van der Waals surface area contributed by atoms with Gasteiger partial charge in [0, 0.05) is 23.2 Å². The Bertz CT molecular complexity index is 1090. The second-order valence-electron chi connectivity index (χ2n) is 6.91. The van der Waals surface area contributed by atoms with Crippen LogP contribution in [-0.4, -0.2) is 60.3 Å². The molecule has 2 amide bonds. The molecule has 33 heavy (non-hydrogen) atoms. The van der Waals surface area contributed by atoms with E-state index in [0.29, 0.717) is 5.69 Å². The molecular weight excluding hydrogens is 456 g/mol. The van der Waals surface area contributed by atoms with Gasteiger partial charge in [0.15, 0.2) is 0 Å². The number of nitrogens with one attached hydrogen (secondary N) is 2. The van der Waals surface area contributed by atoms with Gasteiger partial charge in [-0.1, -0.05) is 0 Å². The van der Waals surface area contributed by atoms with Crippen LogP contribution in [0.15, 0.2) is 58.6 Å². The van der Waals surface area contributed by atoms with Crippen LogP contribution in [0, 0.1) is 11.6 Å². The van der Waals surface area contributed by atoms with Crippen LogP contribution in [0.3, 0.4) is 0 Å². The van der Waals surface area contributed by atoms with Crippen LogP contribution in [0.2, 0.25) is 0 Å². The Morgan fingerprint density at radius 3 is 2.58 bits per heavy atom. The summed E-state index contributed by atoms with van der Waals surface area (Å²) in [5.74, 6) is -2.99. The average Bonchev–Trinajstić information content (AvgIpc) is 3.10. The SMILES string of the molecule is COC(=O)C1=C(Nc2ccc(SCC(=O)Nc3cc(F)ccc3F)cc2)C(=O)N(CCO)C1. The average molecular weight is 477 g/mol. The van der Waals surface area contributed by atoms with Crippen LogP contribution in [0.5, 0.6) is 0 Å². The van der Waals surface area contributed by atoms with E-state index in [2.05, 4.69) is 10.6 Å². The Hall–Kier alpha value is -3.44. The predicted octanol–water partition coefficient (Wildman–Crippen LogP) is 2.37. The molecule has 1 aliphatic heterocycles. The lowest BCUT2D eigenvalue weighted by Crippen LogP contribution is -2.31. The number of hydrogen-bond donors (Lipinski definition) is 3. The summed E-state index contributed by atoms with van der Waals surface area (Å²) < 4.78 is 31.6. The molecular formula is C22H21F2N3O5S. The number of amides is 2. The number of anilines is 2. The van der Waals surface area contributed by atoms with E-state index in [1.54, 1.807) is 24.3 Å². The van der Waals surface area contributed by atoms with Crippen molar-refractivity contribution in [3.8, 4) is 0 Å². The maximum atomic E-state index is 13.6. The first-order valence-electron chi connectivity index (χ1n) is 9.78. The lowest BCUT2D eigenvalue weighted by atomic mass is 10.2. The number of hydrogen-bond acceptors (Lipinski definition) is 7. The summed E-state index contributed by atoms with van der Waals surface area (Å²) in [6.07, 6.45) is 0. The van der Waals surface area contributed by atoms with E-state index in [1.807, 2.05) is 0 Å². The third kappa shape index (κ3) is 6.08. The van der Waals surface area contributed by atoms with E-state index >= 15 is 0 Å². The summed E-state index contributed by atoms with van der Waals surface area (Å²) >= 11 is 1.18. The van der Waals surface area contributed by atoms with Crippen LogP contribution in [-0.2, 0) is 19.1 Å². The fourth-order valence-corrected chi connectivity index (χ4v) is 3.75. The lowest BCUT2D eigenvalue weighted by Gasteiger charge is -2.15. The van der Waals surface area contributed by atoms with E-state index < -0.39 is 29.4 Å². The first-order chi connectivity index (χ1) is 15.8. The third-order valence-corrected chi connectivity index (χ3v) is 5.66. The number of halogens is 2. The van der Waals surface area contributed by atoms with E-state index in [4.69, 9.17) is 9.84 Å². The van der Waals surface area contributed by atoms with E-state index in [-0.39, 0.29) is 42.4 Å². The molecule has 0 fully saturated rings. The number of carbonyl (C=O) groups is 3. The van der Waals surface area contributed by atoms with Crippen molar-refractivity contribution in [2.24, 2.45) is 0 Å². The van der Waals surface area contributed by atoms with Crippen LogP contribution in [0.25, 0.3) is 0 Å². The number of β-amino-alcohol motifs (C(OH)–C–C–N with tert-alkyl or cyclic N) is 1. The number of thioether (sulfide) groups is 1. The van der Waals surface area contributed by atoms with Crippen molar-refractivity contribution >= 4 is 40.9 Å². The van der Waals surface area contributed by atoms with Gasteiger partial charge in [-0.2, -0.15) is 0 Å². The smallest absolute Gasteiger partial charge is 0.337 e. The number of nitrogens with zero attached hydrogens (tertiary/aromatic N) is 1. The normalized spacial score (nSPS) is 13.3. The molecule has 8 nitrogen and oxygen atoms in total. The topological polar surface area (TPSA) is 108 Å². The van der Waals surface area contributed by atoms with Gasteiger partial charge < -0.3 is 25.4 Å². The molecule has 11 heteroatoms. The second-order valence-corrected chi connectivity index (χ2v) is 7.95. The lowest BCUT2D eigenvalue weighted by molar-refractivity contribution is -0.136. The van der Waals surface area contributed by atoms with Crippen molar-refractivity contribution < 1.29 is 33.0 Å². The van der Waals surface area contributed by atoms with Crippen molar-refractivity contribution in [2.75, 3.05) is 43.2 Å². The maximum absolute atomic E-state index is 13.6. The Labute approximate surface area is 192 Å². The zero-order chi connectivity index (χ0) is 24.0. The van der Waals surface area contributed by atoms with Gasteiger partial charge in [0.1, 0.15) is 17.3 Å². The first-order valence-corrected chi connectivity index (χ1v) is 10.8. The highest BCUT2D eigenvalue weighted by molar-refractivity contribution is 8.00. The quantitative estimate of drug-likeness (QED) is 0.376. The summed E-state index contributed by atoms with van der Waals surface area (Å²) in [5.41, 5.74) is 0.537. The van der Waals surface area contributed by atoms with Crippen molar-refractivity contribution in [3.05, 3.63) is 65.4 Å². The molecule has 0 unspecified atom stereocenters. The Kier molecular flexibility index (Phi) is 8.01. The molecule has 0 saturated carbocycles. The summed E-state index contributed by atoms with van der Waals surface area (Å²) in [6, 6.07) is 9.53. The molecule has 1 heterocycles. The third-order valence-electron chi connectivity index (χ3n) is 4.65. The number of ether oxygens (including phenoxy) is 1. The molecule has 0 spiro atoms. The molecule has 3 rings (SSSR count). The monoisotopic (exact) mass is 477 g/mol. The minimum absolute atomic E-state index is 0.0311. The molecule has 0 aromatic heterocycles. The highest BCUT2D eigenvalue weighted by atomic mass is 32.2. The minimum atomic E-state index is -0.732. The van der Waals surface area contributed by atoms with Crippen molar-refractivity contribution in [3.63, 3.8) is 0 Å². The summed E-state index contributed by atoms with van der Waals surface area (Å²) in [5, 5.41) is 14.4. The van der Waals surface area contributed by atoms with Crippen LogP contribution < -0.4 is 10.6 Å². The maximum Gasteiger partial charge on any atom is 0.337 e. The van der Waals surface area contributed by atoms with Gasteiger partial charge in [0.25, 0.3) is 5.91 Å². The van der Waals surface area contributed by atoms with Gasteiger partial charge in [-0.3, -0.25) is 9.59 Å². The molecule has 3 N–H and O–H groups in total. The summed E-state index contributed by atoms with van der Waals surface area (Å²) in [4.78, 5) is 38.7. The fourth-order valence-electron chi connectivity index (χ4n) is 3.06. The standard InChI is InChI=1S/C22H21F2N3O5S/c1-32-22(31)16-11-27(8-9-28)21(30)20(16)25-14-3-5-15(6-4-14)33-12-19(29)26-18-10-13(23)2-7-17(18)24/h2-7,10,25,28H,8-9,11-12H2,1H3,(H,26,29). The van der Waals surface area contributed by atoms with E-state index in [1.165, 1.54) is 23.8 Å². The van der Waals surface area contributed by atoms with Gasteiger partial charge in [-0.25, -0.2) is 13.6 Å². The van der Waals surface area contributed by atoms with Crippen molar-refractivity contribution in [2.45, 2.75) is 4.90 Å². The number of methoxy groups -OCH3 is 1. The zero-order valence-electron chi connectivity index (χ0n) is 17.6. The Morgan fingerprint density at radius 2 is 1.91 bits per heavy atom. The van der Waals surface area contributed by atoms with Gasteiger partial charge in [-0.15, -0.1) is 11.8 Å². The molecule has 0 bridgehead atoms. The number of aliphatic hydroxyl groups is 1. The molecule has 2 aromatic carbocycles. The molecule has 174 valence electrons. The molecule has 2 aromatic rings. The molecule has 0 saturated heterocycles. The second kappa shape index (κ2) is 10.9. The minimum Gasteiger partial charge on any atom is -0.466 e. The van der Waals surface area contributed by atoms with Gasteiger partial charge >= 0.3 is 5.97 Å². The van der Waals surface area contributed by atoms with Crippen LogP contribution in [0.1, 0.15) is 0 Å². The highest BCUT2D eigenvalue weighted by Gasteiger charge is 2.34. The van der Waals surface area contributed by atoms with Gasteiger partial charge in [-0.05, 0) is 36.4 Å². The number of benzene rings is 2. The molecule has 1 aliphatic rings. The molecule has 0 radical (unpaired) electrons. The summed E-state index contributed by atoms with van der Waals surface area (Å²) in [7, 11) is 1.22. The zero-order valence-corrected chi connectivity index (χ0v) is 18.4. The van der Waals surface area contributed by atoms with Crippen LogP contribution in [0.4, 0.5) is 20.2 Å². The highest BCUT2D eigenvalue weighted by Crippen LogP contribution is 2.25. The number of rotatable bonds is 9. The number of esters is 1.